The number of carbonyl (C=O) groups is 1. The van der Waals surface area contributed by atoms with Crippen molar-refractivity contribution < 1.29 is 19.0 Å². The Labute approximate surface area is 123 Å². The Morgan fingerprint density at radius 1 is 1.29 bits per heavy atom. The number of hydrogen-bond acceptors (Lipinski definition) is 5. The second-order valence-electron chi connectivity index (χ2n) is 5.36. The smallest absolute Gasteiger partial charge is 0.257 e. The predicted octanol–water partition coefficient (Wildman–Crippen LogP) is 1.26. The van der Waals surface area contributed by atoms with Gasteiger partial charge in [-0.2, -0.15) is 0 Å². The van der Waals surface area contributed by atoms with E-state index in [1.54, 1.807) is 18.2 Å². The zero-order valence-electron chi connectivity index (χ0n) is 12.1. The normalized spacial score (nSPS) is 20.7. The fourth-order valence-corrected chi connectivity index (χ4v) is 2.89. The van der Waals surface area contributed by atoms with Crippen LogP contribution in [0.5, 0.6) is 5.75 Å². The van der Waals surface area contributed by atoms with Crippen molar-refractivity contribution >= 4 is 11.6 Å². The first kappa shape index (κ1) is 14.2. The van der Waals surface area contributed by atoms with E-state index in [2.05, 4.69) is 0 Å². The van der Waals surface area contributed by atoms with Gasteiger partial charge in [0.15, 0.2) is 5.79 Å². The van der Waals surface area contributed by atoms with Gasteiger partial charge in [0, 0.05) is 37.7 Å². The summed E-state index contributed by atoms with van der Waals surface area (Å²) >= 11 is 0. The van der Waals surface area contributed by atoms with Crippen molar-refractivity contribution in [1.82, 2.24) is 4.90 Å². The molecule has 0 radical (unpaired) electrons. The third-order valence-electron chi connectivity index (χ3n) is 4.08. The maximum Gasteiger partial charge on any atom is 0.257 e. The molecule has 2 N–H and O–H groups in total. The fraction of sp³-hybridized carbons (Fsp3) is 0.533. The number of likely N-dealkylation sites (tertiary alicyclic amines) is 1. The average Bonchev–Trinajstić information content (AvgIpc) is 2.95. The fourth-order valence-electron chi connectivity index (χ4n) is 2.89. The molecule has 2 heterocycles. The molecule has 6 heteroatoms. The molecule has 0 atom stereocenters. The highest BCUT2D eigenvalue weighted by molar-refractivity contribution is 5.97. The second-order valence-corrected chi connectivity index (χ2v) is 5.36. The summed E-state index contributed by atoms with van der Waals surface area (Å²) in [6, 6.07) is 5.09. The van der Waals surface area contributed by atoms with E-state index >= 15 is 0 Å². The summed E-state index contributed by atoms with van der Waals surface area (Å²) in [5.41, 5.74) is 6.84. The zero-order chi connectivity index (χ0) is 14.9. The van der Waals surface area contributed by atoms with E-state index in [0.29, 0.717) is 56.1 Å². The molecular weight excluding hydrogens is 272 g/mol. The molecule has 0 aliphatic carbocycles. The Morgan fingerprint density at radius 3 is 2.57 bits per heavy atom. The van der Waals surface area contributed by atoms with E-state index in [0.717, 1.165) is 0 Å². The standard InChI is InChI=1S/C15H20N2O4/c1-19-13-10-11(16)2-3-12(13)14(18)17-6-4-15(5-7-17)20-8-9-21-15/h2-3,10H,4-9,16H2,1H3. The molecule has 0 bridgehead atoms. The van der Waals surface area contributed by atoms with Crippen molar-refractivity contribution in [1.29, 1.82) is 0 Å². The van der Waals surface area contributed by atoms with Gasteiger partial charge in [0.2, 0.25) is 0 Å². The lowest BCUT2D eigenvalue weighted by Crippen LogP contribution is -2.47. The van der Waals surface area contributed by atoms with E-state index in [4.69, 9.17) is 19.9 Å². The summed E-state index contributed by atoms with van der Waals surface area (Å²) < 4.78 is 16.6. The van der Waals surface area contributed by atoms with Gasteiger partial charge < -0.3 is 24.8 Å². The van der Waals surface area contributed by atoms with Gasteiger partial charge in [-0.15, -0.1) is 0 Å². The summed E-state index contributed by atoms with van der Waals surface area (Å²) in [4.78, 5) is 14.4. The van der Waals surface area contributed by atoms with Crippen LogP contribution in [0.4, 0.5) is 5.69 Å². The predicted molar refractivity (Wildman–Crippen MR) is 77.2 cm³/mol. The summed E-state index contributed by atoms with van der Waals surface area (Å²) in [6.07, 6.45) is 1.41. The van der Waals surface area contributed by atoms with Crippen LogP contribution in [0.1, 0.15) is 23.2 Å². The van der Waals surface area contributed by atoms with E-state index in [-0.39, 0.29) is 5.91 Å². The third kappa shape index (κ3) is 2.69. The summed E-state index contributed by atoms with van der Waals surface area (Å²) in [5.74, 6) is -0.00419. The molecule has 0 saturated carbocycles. The molecule has 6 nitrogen and oxygen atoms in total. The molecule has 0 aromatic heterocycles. The number of nitrogen functional groups attached to an aromatic ring is 1. The summed E-state index contributed by atoms with van der Waals surface area (Å²) in [6.45, 7) is 2.51. The van der Waals surface area contributed by atoms with Crippen LogP contribution in [0, 0.1) is 0 Å². The maximum atomic E-state index is 12.6. The number of methoxy groups -OCH3 is 1. The van der Waals surface area contributed by atoms with E-state index in [1.807, 2.05) is 4.90 Å². The van der Waals surface area contributed by atoms with Crippen LogP contribution in [-0.2, 0) is 9.47 Å². The van der Waals surface area contributed by atoms with Crippen molar-refractivity contribution in [2.75, 3.05) is 39.1 Å². The Morgan fingerprint density at radius 2 is 1.95 bits per heavy atom. The number of anilines is 1. The van der Waals surface area contributed by atoms with E-state index in [1.165, 1.54) is 7.11 Å². The topological polar surface area (TPSA) is 74.0 Å². The number of amides is 1. The largest absolute Gasteiger partial charge is 0.496 e. The van der Waals surface area contributed by atoms with Crippen LogP contribution in [0.25, 0.3) is 0 Å². The highest BCUT2D eigenvalue weighted by Gasteiger charge is 2.41. The molecule has 2 fully saturated rings. The molecule has 3 rings (SSSR count). The Balaban J connectivity index is 1.72. The van der Waals surface area contributed by atoms with Crippen LogP contribution in [0.3, 0.4) is 0 Å². The molecule has 2 saturated heterocycles. The summed E-state index contributed by atoms with van der Waals surface area (Å²) in [5, 5.41) is 0. The molecule has 1 amide bonds. The van der Waals surface area contributed by atoms with Gasteiger partial charge in [0.1, 0.15) is 5.75 Å². The number of nitrogens with zero attached hydrogens (tertiary/aromatic N) is 1. The number of hydrogen-bond donors (Lipinski definition) is 1. The number of piperidine rings is 1. The lowest BCUT2D eigenvalue weighted by molar-refractivity contribution is -0.181. The van der Waals surface area contributed by atoms with Gasteiger partial charge in [-0.25, -0.2) is 0 Å². The van der Waals surface area contributed by atoms with Crippen molar-refractivity contribution in [3.63, 3.8) is 0 Å². The third-order valence-corrected chi connectivity index (χ3v) is 4.08. The van der Waals surface area contributed by atoms with Gasteiger partial charge in [-0.05, 0) is 12.1 Å². The first-order valence-electron chi connectivity index (χ1n) is 7.14. The minimum atomic E-state index is -0.470. The number of carbonyl (C=O) groups excluding carboxylic acids is 1. The van der Waals surface area contributed by atoms with E-state index in [9.17, 15) is 4.79 Å². The molecule has 1 spiro atoms. The number of nitrogens with two attached hydrogens (primary N) is 1. The minimum absolute atomic E-state index is 0.0419. The molecule has 1 aromatic rings. The zero-order valence-corrected chi connectivity index (χ0v) is 12.1. The second kappa shape index (κ2) is 5.54. The average molecular weight is 292 g/mol. The monoisotopic (exact) mass is 292 g/mol. The molecule has 21 heavy (non-hydrogen) atoms. The van der Waals surface area contributed by atoms with Gasteiger partial charge in [-0.1, -0.05) is 0 Å². The lowest BCUT2D eigenvalue weighted by Gasteiger charge is -2.37. The Bertz CT molecular complexity index is 530. The van der Waals surface area contributed by atoms with Gasteiger partial charge >= 0.3 is 0 Å². The van der Waals surface area contributed by atoms with Gasteiger partial charge in [0.05, 0.1) is 25.9 Å². The van der Waals surface area contributed by atoms with Crippen LogP contribution < -0.4 is 10.5 Å². The highest BCUT2D eigenvalue weighted by atomic mass is 16.7. The van der Waals surface area contributed by atoms with Crippen molar-refractivity contribution in [2.45, 2.75) is 18.6 Å². The SMILES string of the molecule is COc1cc(N)ccc1C(=O)N1CCC2(CC1)OCCO2. The molecule has 0 unspecified atom stereocenters. The first-order valence-corrected chi connectivity index (χ1v) is 7.14. The molecule has 1 aromatic carbocycles. The van der Waals surface area contributed by atoms with Crippen LogP contribution in [-0.4, -0.2) is 50.0 Å². The van der Waals surface area contributed by atoms with E-state index < -0.39 is 5.79 Å². The number of rotatable bonds is 2. The first-order chi connectivity index (χ1) is 10.1. The molecule has 2 aliphatic rings. The van der Waals surface area contributed by atoms with Gasteiger partial charge in [-0.3, -0.25) is 4.79 Å². The van der Waals surface area contributed by atoms with Crippen LogP contribution >= 0.6 is 0 Å². The van der Waals surface area contributed by atoms with Crippen molar-refractivity contribution in [3.8, 4) is 5.75 Å². The molecule has 2 aliphatic heterocycles. The molecular formula is C15H20N2O4. The molecule has 114 valence electrons. The quantitative estimate of drug-likeness (QED) is 0.831. The Hall–Kier alpha value is -1.79. The summed E-state index contributed by atoms with van der Waals surface area (Å²) in [7, 11) is 1.54. The van der Waals surface area contributed by atoms with Crippen molar-refractivity contribution in [3.05, 3.63) is 23.8 Å². The number of ether oxygens (including phenoxy) is 3. The van der Waals surface area contributed by atoms with Crippen LogP contribution in [0.15, 0.2) is 18.2 Å². The Kier molecular flexibility index (Phi) is 3.73. The van der Waals surface area contributed by atoms with Crippen LogP contribution in [0.2, 0.25) is 0 Å². The lowest BCUT2D eigenvalue weighted by atomic mass is 10.0. The number of benzene rings is 1. The maximum absolute atomic E-state index is 12.6. The van der Waals surface area contributed by atoms with Crippen molar-refractivity contribution in [2.24, 2.45) is 0 Å². The highest BCUT2D eigenvalue weighted by Crippen LogP contribution is 2.32. The van der Waals surface area contributed by atoms with Gasteiger partial charge in [0.25, 0.3) is 5.91 Å². The minimum Gasteiger partial charge on any atom is -0.496 e.